The molecule has 60 valence electrons. The number of aromatic nitrogens is 1. The predicted molar refractivity (Wildman–Crippen MR) is 44.3 cm³/mol. The molecule has 0 aromatic carbocycles. The summed E-state index contributed by atoms with van der Waals surface area (Å²) in [6.07, 6.45) is 3.87. The number of nitrogens with two attached hydrogens (primary N) is 1. The summed E-state index contributed by atoms with van der Waals surface area (Å²) in [6, 6.07) is -0.0288. The minimum absolute atomic E-state index is 0.0288. The molecule has 0 bridgehead atoms. The van der Waals surface area contributed by atoms with E-state index in [1.807, 2.05) is 5.38 Å². The number of rotatable bonds is 4. The van der Waals surface area contributed by atoms with Gasteiger partial charge in [0.25, 0.3) is 0 Å². The third-order valence-electron chi connectivity index (χ3n) is 1.48. The van der Waals surface area contributed by atoms with Crippen LogP contribution in [0.4, 0.5) is 0 Å². The lowest BCUT2D eigenvalue weighted by molar-refractivity contribution is -0.108. The predicted octanol–water partition coefficient (Wildman–Crippen LogP) is 1.12. The van der Waals surface area contributed by atoms with Gasteiger partial charge in [0.05, 0.1) is 0 Å². The maximum Gasteiger partial charge on any atom is 0.120 e. The van der Waals surface area contributed by atoms with Gasteiger partial charge in [-0.2, -0.15) is 0 Å². The maximum atomic E-state index is 10.0. The number of carbonyl (C=O) groups is 1. The van der Waals surface area contributed by atoms with Crippen LogP contribution in [0.15, 0.2) is 11.6 Å². The Hall–Kier alpha value is -0.740. The van der Waals surface area contributed by atoms with Crippen molar-refractivity contribution < 1.29 is 4.79 Å². The van der Waals surface area contributed by atoms with E-state index in [-0.39, 0.29) is 6.04 Å². The fourth-order valence-electron chi connectivity index (χ4n) is 0.810. The van der Waals surface area contributed by atoms with Crippen LogP contribution >= 0.6 is 11.5 Å². The van der Waals surface area contributed by atoms with Crippen LogP contribution in [-0.4, -0.2) is 10.7 Å². The van der Waals surface area contributed by atoms with Crippen molar-refractivity contribution in [2.24, 2.45) is 5.73 Å². The van der Waals surface area contributed by atoms with Crippen molar-refractivity contribution in [1.29, 1.82) is 0 Å². The van der Waals surface area contributed by atoms with Crippen molar-refractivity contribution in [2.75, 3.05) is 0 Å². The lowest BCUT2D eigenvalue weighted by atomic mass is 10.1. The van der Waals surface area contributed by atoms with E-state index in [4.69, 9.17) is 5.73 Å². The summed E-state index contributed by atoms with van der Waals surface area (Å²) < 4.78 is 3.92. The Bertz CT molecular complexity index is 210. The number of nitrogens with zero attached hydrogens (tertiary/aromatic N) is 1. The Morgan fingerprint density at radius 2 is 2.64 bits per heavy atom. The zero-order valence-corrected chi connectivity index (χ0v) is 6.88. The van der Waals surface area contributed by atoms with E-state index in [1.165, 1.54) is 11.5 Å². The molecule has 0 aliphatic heterocycles. The first-order valence-electron chi connectivity index (χ1n) is 3.43. The van der Waals surface area contributed by atoms with Crippen LogP contribution < -0.4 is 5.73 Å². The van der Waals surface area contributed by atoms with Crippen LogP contribution in [0.5, 0.6) is 0 Å². The summed E-state index contributed by atoms with van der Waals surface area (Å²) in [5.41, 5.74) is 6.76. The Balaban J connectivity index is 2.42. The van der Waals surface area contributed by atoms with Gasteiger partial charge in [0.2, 0.25) is 0 Å². The topological polar surface area (TPSA) is 56.0 Å². The molecule has 0 spiro atoms. The largest absolute Gasteiger partial charge is 0.324 e. The first kappa shape index (κ1) is 8.36. The molecule has 0 radical (unpaired) electrons. The van der Waals surface area contributed by atoms with Gasteiger partial charge >= 0.3 is 0 Å². The molecule has 11 heavy (non-hydrogen) atoms. The molecule has 0 amide bonds. The van der Waals surface area contributed by atoms with E-state index in [9.17, 15) is 4.79 Å². The molecule has 0 aliphatic rings. The fourth-order valence-corrected chi connectivity index (χ4v) is 1.41. The molecule has 1 aromatic heterocycles. The molecule has 2 N–H and O–H groups in total. The van der Waals surface area contributed by atoms with Gasteiger partial charge in [0.1, 0.15) is 6.29 Å². The van der Waals surface area contributed by atoms with Gasteiger partial charge in [-0.3, -0.25) is 0 Å². The molecule has 1 rings (SSSR count). The molecule has 1 atom stereocenters. The minimum atomic E-state index is -0.0288. The smallest absolute Gasteiger partial charge is 0.120 e. The van der Waals surface area contributed by atoms with Gasteiger partial charge in [-0.15, -0.1) is 0 Å². The summed E-state index contributed by atoms with van der Waals surface area (Å²) >= 11 is 1.38. The van der Waals surface area contributed by atoms with Crippen LogP contribution in [0.1, 0.15) is 24.4 Å². The SMILES string of the molecule is NC(CCC=O)c1cnsc1. The van der Waals surface area contributed by atoms with Crippen molar-refractivity contribution >= 4 is 17.8 Å². The molecule has 0 aliphatic carbocycles. The molecular weight excluding hydrogens is 160 g/mol. The van der Waals surface area contributed by atoms with Crippen LogP contribution in [0.3, 0.4) is 0 Å². The third kappa shape index (κ3) is 2.40. The van der Waals surface area contributed by atoms with E-state index in [0.717, 1.165) is 11.8 Å². The molecule has 0 saturated carbocycles. The molecular formula is C7H10N2OS. The van der Waals surface area contributed by atoms with E-state index in [2.05, 4.69) is 4.37 Å². The Morgan fingerprint density at radius 3 is 3.18 bits per heavy atom. The molecule has 4 heteroatoms. The highest BCUT2D eigenvalue weighted by Crippen LogP contribution is 2.15. The number of carbonyl (C=O) groups excluding carboxylic acids is 1. The lowest BCUT2D eigenvalue weighted by Crippen LogP contribution is -2.08. The number of aldehydes is 1. The molecule has 0 saturated heterocycles. The van der Waals surface area contributed by atoms with Gasteiger partial charge in [-0.1, -0.05) is 0 Å². The van der Waals surface area contributed by atoms with Gasteiger partial charge in [0.15, 0.2) is 0 Å². The van der Waals surface area contributed by atoms with Crippen molar-refractivity contribution in [2.45, 2.75) is 18.9 Å². The van der Waals surface area contributed by atoms with Crippen molar-refractivity contribution in [3.8, 4) is 0 Å². The molecule has 0 fully saturated rings. The van der Waals surface area contributed by atoms with Crippen LogP contribution in [0.2, 0.25) is 0 Å². The normalized spacial score (nSPS) is 12.8. The average Bonchev–Trinajstić information content (AvgIpc) is 2.52. The van der Waals surface area contributed by atoms with Crippen molar-refractivity contribution in [3.05, 3.63) is 17.1 Å². The van der Waals surface area contributed by atoms with E-state index in [1.54, 1.807) is 6.20 Å². The molecule has 1 aromatic rings. The Labute approximate surface area is 69.4 Å². The van der Waals surface area contributed by atoms with Gasteiger partial charge in [-0.05, 0) is 23.5 Å². The monoisotopic (exact) mass is 170 g/mol. The standard InChI is InChI=1S/C7H10N2OS/c8-7(2-1-3-10)6-4-9-11-5-6/h3-5,7H,1-2,8H2. The molecule has 1 unspecified atom stereocenters. The lowest BCUT2D eigenvalue weighted by Gasteiger charge is -2.04. The van der Waals surface area contributed by atoms with Crippen molar-refractivity contribution in [3.63, 3.8) is 0 Å². The van der Waals surface area contributed by atoms with Gasteiger partial charge in [0, 0.05) is 24.0 Å². The third-order valence-corrected chi connectivity index (χ3v) is 2.08. The summed E-state index contributed by atoms with van der Waals surface area (Å²) in [4.78, 5) is 10.0. The first-order valence-corrected chi connectivity index (χ1v) is 4.26. The number of hydrogen-bond acceptors (Lipinski definition) is 4. The highest BCUT2D eigenvalue weighted by molar-refractivity contribution is 7.03. The summed E-state index contributed by atoms with van der Waals surface area (Å²) in [7, 11) is 0. The summed E-state index contributed by atoms with van der Waals surface area (Å²) in [6.45, 7) is 0. The van der Waals surface area contributed by atoms with Crippen molar-refractivity contribution in [1.82, 2.24) is 4.37 Å². The summed E-state index contributed by atoms with van der Waals surface area (Å²) in [5.74, 6) is 0. The Morgan fingerprint density at radius 1 is 1.82 bits per heavy atom. The van der Waals surface area contributed by atoms with Crippen LogP contribution in [0.25, 0.3) is 0 Å². The van der Waals surface area contributed by atoms with E-state index < -0.39 is 0 Å². The van der Waals surface area contributed by atoms with Crippen LogP contribution in [-0.2, 0) is 4.79 Å². The number of hydrogen-bond donors (Lipinski definition) is 1. The highest BCUT2D eigenvalue weighted by atomic mass is 32.1. The maximum absolute atomic E-state index is 10.0. The zero-order valence-electron chi connectivity index (χ0n) is 6.06. The summed E-state index contributed by atoms with van der Waals surface area (Å²) in [5, 5.41) is 1.91. The second kappa shape index (κ2) is 4.20. The minimum Gasteiger partial charge on any atom is -0.324 e. The molecule has 1 heterocycles. The Kier molecular flexibility index (Phi) is 3.19. The van der Waals surface area contributed by atoms with E-state index >= 15 is 0 Å². The fraction of sp³-hybridized carbons (Fsp3) is 0.429. The zero-order chi connectivity index (χ0) is 8.10. The van der Waals surface area contributed by atoms with Crippen LogP contribution in [0, 0.1) is 0 Å². The van der Waals surface area contributed by atoms with E-state index in [0.29, 0.717) is 12.8 Å². The first-order chi connectivity index (χ1) is 5.34. The second-order valence-electron chi connectivity index (χ2n) is 2.31. The van der Waals surface area contributed by atoms with Gasteiger partial charge < -0.3 is 10.5 Å². The highest BCUT2D eigenvalue weighted by Gasteiger charge is 2.05. The molecule has 3 nitrogen and oxygen atoms in total. The van der Waals surface area contributed by atoms with Gasteiger partial charge in [-0.25, -0.2) is 4.37 Å². The second-order valence-corrected chi connectivity index (χ2v) is 2.97. The average molecular weight is 170 g/mol. The quantitative estimate of drug-likeness (QED) is 0.689.